The minimum atomic E-state index is -0.272. The standard InChI is InChI=1S/C13H13NO2/c1-8-4-3-5-10(9(8)2)6-11-7-12(15)14-13(11)16/h3-6H,7H2,1-2H3,(H,14,15,16). The van der Waals surface area contributed by atoms with Crippen molar-refractivity contribution in [1.29, 1.82) is 0 Å². The van der Waals surface area contributed by atoms with Crippen LogP contribution in [0.5, 0.6) is 0 Å². The molecule has 0 atom stereocenters. The summed E-state index contributed by atoms with van der Waals surface area (Å²) in [5, 5.41) is 2.28. The van der Waals surface area contributed by atoms with Gasteiger partial charge in [-0.15, -0.1) is 0 Å². The van der Waals surface area contributed by atoms with Crippen molar-refractivity contribution in [2.75, 3.05) is 0 Å². The Morgan fingerprint density at radius 3 is 2.62 bits per heavy atom. The van der Waals surface area contributed by atoms with Gasteiger partial charge in [0.15, 0.2) is 0 Å². The third kappa shape index (κ3) is 1.89. The van der Waals surface area contributed by atoms with Crippen LogP contribution in [0.15, 0.2) is 23.8 Å². The number of imide groups is 1. The number of carbonyl (C=O) groups excluding carboxylic acids is 2. The Labute approximate surface area is 94.2 Å². The molecule has 1 fully saturated rings. The van der Waals surface area contributed by atoms with Gasteiger partial charge in [-0.3, -0.25) is 14.9 Å². The molecular formula is C13H13NO2. The molecular weight excluding hydrogens is 202 g/mol. The summed E-state index contributed by atoms with van der Waals surface area (Å²) >= 11 is 0. The average molecular weight is 215 g/mol. The largest absolute Gasteiger partial charge is 0.292 e. The zero-order chi connectivity index (χ0) is 11.7. The monoisotopic (exact) mass is 215 g/mol. The topological polar surface area (TPSA) is 46.2 Å². The number of carbonyl (C=O) groups is 2. The van der Waals surface area contributed by atoms with E-state index in [-0.39, 0.29) is 18.2 Å². The second-order valence-corrected chi connectivity index (χ2v) is 4.01. The first-order chi connectivity index (χ1) is 7.58. The fraction of sp³-hybridized carbons (Fsp3) is 0.231. The first-order valence-corrected chi connectivity index (χ1v) is 5.19. The minimum absolute atomic E-state index is 0.187. The maximum atomic E-state index is 11.4. The highest BCUT2D eigenvalue weighted by atomic mass is 16.2. The van der Waals surface area contributed by atoms with Crippen molar-refractivity contribution in [1.82, 2.24) is 5.32 Å². The molecule has 0 saturated carbocycles. The van der Waals surface area contributed by atoms with Crippen molar-refractivity contribution in [3.05, 3.63) is 40.5 Å². The summed E-state index contributed by atoms with van der Waals surface area (Å²) in [6.07, 6.45) is 1.98. The second-order valence-electron chi connectivity index (χ2n) is 4.01. The lowest BCUT2D eigenvalue weighted by molar-refractivity contribution is -0.124. The highest BCUT2D eigenvalue weighted by molar-refractivity contribution is 6.15. The molecule has 82 valence electrons. The van der Waals surface area contributed by atoms with Crippen LogP contribution in [-0.4, -0.2) is 11.8 Å². The normalized spacial score (nSPS) is 18.0. The average Bonchev–Trinajstić information content (AvgIpc) is 2.53. The van der Waals surface area contributed by atoms with Gasteiger partial charge >= 0.3 is 0 Å². The minimum Gasteiger partial charge on any atom is -0.292 e. The van der Waals surface area contributed by atoms with Crippen molar-refractivity contribution < 1.29 is 9.59 Å². The predicted molar refractivity (Wildman–Crippen MR) is 61.7 cm³/mol. The molecule has 1 heterocycles. The molecule has 0 bridgehead atoms. The molecule has 0 aliphatic carbocycles. The number of hydrogen-bond acceptors (Lipinski definition) is 2. The van der Waals surface area contributed by atoms with E-state index in [1.54, 1.807) is 6.08 Å². The summed E-state index contributed by atoms with van der Waals surface area (Å²) in [4.78, 5) is 22.4. The smallest absolute Gasteiger partial charge is 0.254 e. The van der Waals surface area contributed by atoms with Crippen LogP contribution in [0.25, 0.3) is 6.08 Å². The molecule has 1 aromatic carbocycles. The van der Waals surface area contributed by atoms with Crippen LogP contribution in [0.1, 0.15) is 23.1 Å². The Morgan fingerprint density at radius 1 is 1.25 bits per heavy atom. The number of aryl methyl sites for hydroxylation is 1. The number of rotatable bonds is 1. The van der Waals surface area contributed by atoms with Gasteiger partial charge in [0.2, 0.25) is 5.91 Å². The molecule has 16 heavy (non-hydrogen) atoms. The molecule has 2 rings (SSSR count). The second kappa shape index (κ2) is 3.93. The van der Waals surface area contributed by atoms with E-state index in [1.165, 1.54) is 5.56 Å². The van der Waals surface area contributed by atoms with Gasteiger partial charge < -0.3 is 0 Å². The molecule has 1 aromatic rings. The van der Waals surface area contributed by atoms with Gasteiger partial charge in [0, 0.05) is 5.57 Å². The first-order valence-electron chi connectivity index (χ1n) is 5.19. The van der Waals surface area contributed by atoms with Crippen LogP contribution in [0.2, 0.25) is 0 Å². The fourth-order valence-electron chi connectivity index (χ4n) is 1.74. The van der Waals surface area contributed by atoms with E-state index in [4.69, 9.17) is 0 Å². The third-order valence-corrected chi connectivity index (χ3v) is 2.87. The molecule has 2 amide bonds. The number of amides is 2. The van der Waals surface area contributed by atoms with E-state index in [1.807, 2.05) is 32.0 Å². The molecule has 0 spiro atoms. The van der Waals surface area contributed by atoms with Crippen LogP contribution >= 0.6 is 0 Å². The summed E-state index contributed by atoms with van der Waals surface area (Å²) < 4.78 is 0. The number of benzene rings is 1. The van der Waals surface area contributed by atoms with Gasteiger partial charge in [0.25, 0.3) is 5.91 Å². The van der Waals surface area contributed by atoms with Crippen molar-refractivity contribution in [3.63, 3.8) is 0 Å². The quantitative estimate of drug-likeness (QED) is 0.573. The predicted octanol–water partition coefficient (Wildman–Crippen LogP) is 1.73. The Balaban J connectivity index is 2.40. The Bertz CT molecular complexity index is 501. The maximum Gasteiger partial charge on any atom is 0.254 e. The van der Waals surface area contributed by atoms with Crippen LogP contribution in [-0.2, 0) is 9.59 Å². The van der Waals surface area contributed by atoms with Crippen molar-refractivity contribution in [3.8, 4) is 0 Å². The lowest BCUT2D eigenvalue weighted by Gasteiger charge is -2.04. The van der Waals surface area contributed by atoms with E-state index in [2.05, 4.69) is 5.32 Å². The SMILES string of the molecule is Cc1cccc(C=C2CC(=O)NC2=O)c1C. The summed E-state index contributed by atoms with van der Waals surface area (Å²) in [5.74, 6) is -0.493. The Kier molecular flexibility index (Phi) is 2.60. The highest BCUT2D eigenvalue weighted by Crippen LogP contribution is 2.19. The molecule has 0 unspecified atom stereocenters. The van der Waals surface area contributed by atoms with Crippen molar-refractivity contribution >= 4 is 17.9 Å². The van der Waals surface area contributed by atoms with E-state index < -0.39 is 0 Å². The maximum absolute atomic E-state index is 11.4. The van der Waals surface area contributed by atoms with Crippen molar-refractivity contribution in [2.24, 2.45) is 0 Å². The summed E-state index contributed by atoms with van der Waals surface area (Å²) in [5.41, 5.74) is 3.86. The van der Waals surface area contributed by atoms with E-state index in [0.29, 0.717) is 5.57 Å². The molecule has 1 saturated heterocycles. The molecule has 0 radical (unpaired) electrons. The Hall–Kier alpha value is -1.90. The number of nitrogens with one attached hydrogen (secondary N) is 1. The lowest BCUT2D eigenvalue weighted by Crippen LogP contribution is -2.19. The summed E-state index contributed by atoms with van der Waals surface area (Å²) in [6.45, 7) is 4.04. The first kappa shape index (κ1) is 10.6. The lowest BCUT2D eigenvalue weighted by atomic mass is 10.0. The van der Waals surface area contributed by atoms with Crippen LogP contribution in [0, 0.1) is 13.8 Å². The Morgan fingerprint density at radius 2 is 2.00 bits per heavy atom. The van der Waals surface area contributed by atoms with Gasteiger partial charge in [0.1, 0.15) is 0 Å². The van der Waals surface area contributed by atoms with Gasteiger partial charge in [-0.1, -0.05) is 18.2 Å². The van der Waals surface area contributed by atoms with E-state index in [9.17, 15) is 9.59 Å². The highest BCUT2D eigenvalue weighted by Gasteiger charge is 2.23. The summed E-state index contributed by atoms with van der Waals surface area (Å²) in [7, 11) is 0. The fourth-order valence-corrected chi connectivity index (χ4v) is 1.74. The van der Waals surface area contributed by atoms with Gasteiger partial charge in [-0.25, -0.2) is 0 Å². The van der Waals surface area contributed by atoms with E-state index in [0.717, 1.165) is 11.1 Å². The molecule has 3 heteroatoms. The molecule has 0 aromatic heterocycles. The molecule has 1 aliphatic heterocycles. The van der Waals surface area contributed by atoms with Crippen LogP contribution in [0.3, 0.4) is 0 Å². The zero-order valence-corrected chi connectivity index (χ0v) is 9.33. The molecule has 1 N–H and O–H groups in total. The number of hydrogen-bond donors (Lipinski definition) is 1. The van der Waals surface area contributed by atoms with Gasteiger partial charge in [-0.2, -0.15) is 0 Å². The molecule has 1 aliphatic rings. The molecule has 3 nitrogen and oxygen atoms in total. The van der Waals surface area contributed by atoms with Crippen LogP contribution < -0.4 is 5.32 Å². The third-order valence-electron chi connectivity index (χ3n) is 2.87. The zero-order valence-electron chi connectivity index (χ0n) is 9.33. The van der Waals surface area contributed by atoms with Crippen molar-refractivity contribution in [2.45, 2.75) is 20.3 Å². The van der Waals surface area contributed by atoms with Gasteiger partial charge in [0.05, 0.1) is 6.42 Å². The van der Waals surface area contributed by atoms with Gasteiger partial charge in [-0.05, 0) is 36.6 Å². The summed E-state index contributed by atoms with van der Waals surface area (Å²) in [6, 6.07) is 5.92. The van der Waals surface area contributed by atoms with Crippen LogP contribution in [0.4, 0.5) is 0 Å². The van der Waals surface area contributed by atoms with E-state index >= 15 is 0 Å².